The molecule has 2 aromatic carbocycles. The van der Waals surface area contributed by atoms with Gasteiger partial charge in [-0.2, -0.15) is 0 Å². The molecule has 0 amide bonds. The number of rotatable bonds is 1. The van der Waals surface area contributed by atoms with Crippen molar-refractivity contribution in [3.63, 3.8) is 0 Å². The van der Waals surface area contributed by atoms with Gasteiger partial charge in [0.2, 0.25) is 0 Å². The summed E-state index contributed by atoms with van der Waals surface area (Å²) in [4.78, 5) is 0. The van der Waals surface area contributed by atoms with Crippen molar-refractivity contribution < 1.29 is 0 Å². The van der Waals surface area contributed by atoms with E-state index in [1.54, 1.807) is 0 Å². The topological polar surface area (TPSA) is 0 Å². The van der Waals surface area contributed by atoms with Crippen LogP contribution >= 0.6 is 0 Å². The molecule has 1 aliphatic carbocycles. The van der Waals surface area contributed by atoms with Crippen molar-refractivity contribution in [2.45, 2.75) is 12.8 Å². The maximum Gasteiger partial charge on any atom is 0.0352 e. The first-order chi connectivity index (χ1) is 7.86. The van der Waals surface area contributed by atoms with Crippen LogP contribution in [0.4, 0.5) is 0 Å². The summed E-state index contributed by atoms with van der Waals surface area (Å²) in [6.45, 7) is 2.14. The molecule has 1 unspecified atom stereocenters. The van der Waals surface area contributed by atoms with Gasteiger partial charge in [0.15, 0.2) is 0 Å². The van der Waals surface area contributed by atoms with Crippen LogP contribution < -0.4 is 0 Å². The van der Waals surface area contributed by atoms with Crippen molar-refractivity contribution in [2.75, 3.05) is 0 Å². The monoisotopic (exact) mass is 205 g/mol. The van der Waals surface area contributed by atoms with Crippen molar-refractivity contribution in [1.82, 2.24) is 0 Å². The van der Waals surface area contributed by atoms with E-state index < -0.39 is 0 Å². The highest BCUT2D eigenvalue weighted by Gasteiger charge is 2.21. The van der Waals surface area contributed by atoms with Gasteiger partial charge in [-0.15, -0.1) is 0 Å². The van der Waals surface area contributed by atoms with E-state index in [0.29, 0.717) is 5.92 Å². The molecular formula is C16H13. The minimum Gasteiger partial charge on any atom is -0.0622 e. The van der Waals surface area contributed by atoms with E-state index in [9.17, 15) is 0 Å². The molecule has 1 atom stereocenters. The third kappa shape index (κ3) is 1.38. The van der Waals surface area contributed by atoms with Crippen molar-refractivity contribution in [3.8, 4) is 0 Å². The van der Waals surface area contributed by atoms with Crippen molar-refractivity contribution in [1.29, 1.82) is 0 Å². The third-order valence-corrected chi connectivity index (χ3v) is 3.17. The number of fused-ring (bicyclic) bond motifs is 1. The summed E-state index contributed by atoms with van der Waals surface area (Å²) in [5, 5.41) is 0. The molecule has 0 heterocycles. The predicted molar refractivity (Wildman–Crippen MR) is 67.1 cm³/mol. The quantitative estimate of drug-likeness (QED) is 0.659. The van der Waals surface area contributed by atoms with Gasteiger partial charge in [-0.3, -0.25) is 0 Å². The lowest BCUT2D eigenvalue weighted by Gasteiger charge is -2.10. The summed E-state index contributed by atoms with van der Waals surface area (Å²) in [6, 6.07) is 19.2. The molecule has 77 valence electrons. The van der Waals surface area contributed by atoms with E-state index in [4.69, 9.17) is 0 Å². The van der Waals surface area contributed by atoms with Gasteiger partial charge in [0.05, 0.1) is 0 Å². The first-order valence-corrected chi connectivity index (χ1v) is 5.60. The normalized spacial score (nSPS) is 18.1. The molecule has 0 bridgehead atoms. The molecule has 2 aromatic rings. The molecule has 0 aromatic heterocycles. The highest BCUT2D eigenvalue weighted by atomic mass is 14.2. The lowest BCUT2D eigenvalue weighted by atomic mass is 9.93. The van der Waals surface area contributed by atoms with Crippen LogP contribution in [0.3, 0.4) is 0 Å². The molecule has 16 heavy (non-hydrogen) atoms. The van der Waals surface area contributed by atoms with Crippen LogP contribution in [0.5, 0.6) is 0 Å². The van der Waals surface area contributed by atoms with Crippen LogP contribution in [0.15, 0.2) is 54.6 Å². The van der Waals surface area contributed by atoms with Crippen LogP contribution in [0.2, 0.25) is 0 Å². The minimum atomic E-state index is 0.317. The van der Waals surface area contributed by atoms with Gasteiger partial charge < -0.3 is 0 Å². The Bertz CT molecular complexity index is 535. The van der Waals surface area contributed by atoms with Crippen molar-refractivity contribution in [2.24, 2.45) is 0 Å². The second-order valence-corrected chi connectivity index (χ2v) is 4.20. The molecule has 0 saturated carbocycles. The Balaban J connectivity index is 2.13. The number of hydrogen-bond donors (Lipinski definition) is 0. The average Bonchev–Trinajstić information content (AvgIpc) is 2.69. The van der Waals surface area contributed by atoms with E-state index in [1.807, 2.05) is 0 Å². The van der Waals surface area contributed by atoms with Crippen LogP contribution in [0.1, 0.15) is 29.5 Å². The maximum atomic E-state index is 3.55. The molecule has 1 radical (unpaired) electrons. The highest BCUT2D eigenvalue weighted by Crippen LogP contribution is 2.38. The summed E-state index contributed by atoms with van der Waals surface area (Å²) < 4.78 is 0. The fourth-order valence-electron chi connectivity index (χ4n) is 2.37. The van der Waals surface area contributed by atoms with Crippen LogP contribution in [0, 0.1) is 6.08 Å². The highest BCUT2D eigenvalue weighted by molar-refractivity contribution is 5.72. The molecule has 0 saturated heterocycles. The molecule has 0 nitrogen and oxygen atoms in total. The van der Waals surface area contributed by atoms with Gasteiger partial charge in [0.25, 0.3) is 0 Å². The number of hydrogen-bond acceptors (Lipinski definition) is 0. The zero-order valence-corrected chi connectivity index (χ0v) is 9.27. The molecule has 0 fully saturated rings. The van der Waals surface area contributed by atoms with Gasteiger partial charge in [-0.05, 0) is 35.3 Å². The predicted octanol–water partition coefficient (Wildman–Crippen LogP) is 4.04. The van der Waals surface area contributed by atoms with E-state index in [2.05, 4.69) is 67.6 Å². The Kier molecular flexibility index (Phi) is 2.14. The van der Waals surface area contributed by atoms with E-state index in [0.717, 1.165) is 0 Å². The summed E-state index contributed by atoms with van der Waals surface area (Å²) in [5.41, 5.74) is 5.32. The maximum absolute atomic E-state index is 3.55. The van der Waals surface area contributed by atoms with E-state index in [-0.39, 0.29) is 0 Å². The van der Waals surface area contributed by atoms with Crippen LogP contribution in [-0.4, -0.2) is 0 Å². The van der Waals surface area contributed by atoms with Gasteiger partial charge in [-0.1, -0.05) is 54.6 Å². The second kappa shape index (κ2) is 3.64. The molecular weight excluding hydrogens is 192 g/mol. The molecule has 0 spiro atoms. The first kappa shape index (κ1) is 9.41. The van der Waals surface area contributed by atoms with Crippen LogP contribution in [-0.2, 0) is 0 Å². The Hall–Kier alpha value is -1.82. The second-order valence-electron chi connectivity index (χ2n) is 4.20. The smallest absolute Gasteiger partial charge is 0.0352 e. The first-order valence-electron chi connectivity index (χ1n) is 5.60. The minimum absolute atomic E-state index is 0.317. The van der Waals surface area contributed by atoms with Gasteiger partial charge in [0, 0.05) is 5.92 Å². The van der Waals surface area contributed by atoms with Crippen molar-refractivity contribution >= 4 is 5.57 Å². The summed E-state index contributed by atoms with van der Waals surface area (Å²) in [7, 11) is 0. The largest absolute Gasteiger partial charge is 0.0622 e. The van der Waals surface area contributed by atoms with Gasteiger partial charge in [-0.25, -0.2) is 0 Å². The molecule has 0 heteroatoms. The summed E-state index contributed by atoms with van der Waals surface area (Å²) in [5.74, 6) is 0.317. The third-order valence-electron chi connectivity index (χ3n) is 3.17. The molecule has 3 rings (SSSR count). The van der Waals surface area contributed by atoms with Crippen molar-refractivity contribution in [3.05, 3.63) is 77.4 Å². The number of benzene rings is 2. The molecule has 1 aliphatic rings. The lowest BCUT2D eigenvalue weighted by Crippen LogP contribution is -1.95. The standard InChI is InChI=1S/C16H13/c1-12-11-16(13-7-3-2-4-8-13)15-10-6-5-9-14(12)15/h2-10,16H,1H3. The Morgan fingerprint density at radius 1 is 0.875 bits per heavy atom. The summed E-state index contributed by atoms with van der Waals surface area (Å²) >= 11 is 0. The van der Waals surface area contributed by atoms with Gasteiger partial charge >= 0.3 is 0 Å². The van der Waals surface area contributed by atoms with E-state index >= 15 is 0 Å². The molecule has 0 N–H and O–H groups in total. The lowest BCUT2D eigenvalue weighted by molar-refractivity contribution is 1.02. The zero-order chi connectivity index (χ0) is 11.0. The Morgan fingerprint density at radius 3 is 2.38 bits per heavy atom. The van der Waals surface area contributed by atoms with Crippen LogP contribution in [0.25, 0.3) is 5.57 Å². The van der Waals surface area contributed by atoms with E-state index in [1.165, 1.54) is 22.3 Å². The average molecular weight is 205 g/mol. The van der Waals surface area contributed by atoms with Gasteiger partial charge in [0.1, 0.15) is 0 Å². The fraction of sp³-hybridized carbons (Fsp3) is 0.125. The Labute approximate surface area is 96.3 Å². The fourth-order valence-corrected chi connectivity index (χ4v) is 2.37. The number of allylic oxidation sites excluding steroid dienone is 2. The SMILES string of the molecule is CC1=[C]C(c2ccccc2)c2ccccc21. The Morgan fingerprint density at radius 2 is 1.56 bits per heavy atom. The summed E-state index contributed by atoms with van der Waals surface area (Å²) in [6.07, 6.45) is 3.55. The zero-order valence-electron chi connectivity index (χ0n) is 9.27. The molecule has 0 aliphatic heterocycles.